The normalized spacial score (nSPS) is 17.6. The molecule has 0 aromatic heterocycles. The molecule has 2 aromatic rings. The summed E-state index contributed by atoms with van der Waals surface area (Å²) in [7, 11) is -1.02. The maximum absolute atomic E-state index is 13.2. The van der Waals surface area contributed by atoms with Crippen molar-refractivity contribution < 1.29 is 22.8 Å². The summed E-state index contributed by atoms with van der Waals surface area (Å²) in [5.74, 6) is 1.13. The molecule has 8 nitrogen and oxygen atoms in total. The third kappa shape index (κ3) is 3.47. The number of para-hydroxylation sites is 1. The van der Waals surface area contributed by atoms with Crippen LogP contribution in [0.3, 0.4) is 0 Å². The van der Waals surface area contributed by atoms with E-state index in [4.69, 9.17) is 9.47 Å². The van der Waals surface area contributed by atoms with E-state index in [2.05, 4.69) is 0 Å². The summed E-state index contributed by atoms with van der Waals surface area (Å²) in [5.41, 5.74) is 0.247. The topological polar surface area (TPSA) is 99.0 Å². The number of nitro groups is 1. The van der Waals surface area contributed by atoms with Crippen molar-refractivity contribution in [2.45, 2.75) is 23.8 Å². The third-order valence-corrected chi connectivity index (χ3v) is 6.60. The van der Waals surface area contributed by atoms with Gasteiger partial charge in [-0.2, -0.15) is 4.31 Å². The van der Waals surface area contributed by atoms with Crippen molar-refractivity contribution >= 4 is 15.7 Å². The van der Waals surface area contributed by atoms with E-state index in [0.717, 1.165) is 0 Å². The monoisotopic (exact) mass is 392 g/mol. The molecule has 0 bridgehead atoms. The molecule has 27 heavy (non-hydrogen) atoms. The second kappa shape index (κ2) is 7.53. The molecule has 0 radical (unpaired) electrons. The van der Waals surface area contributed by atoms with Gasteiger partial charge in [0.1, 0.15) is 11.5 Å². The van der Waals surface area contributed by atoms with Crippen LogP contribution in [0, 0.1) is 10.1 Å². The highest BCUT2D eigenvalue weighted by molar-refractivity contribution is 7.89. The first-order chi connectivity index (χ1) is 12.9. The molecule has 144 valence electrons. The molecule has 2 aromatic carbocycles. The quantitative estimate of drug-likeness (QED) is 0.553. The van der Waals surface area contributed by atoms with E-state index in [-0.39, 0.29) is 11.4 Å². The van der Waals surface area contributed by atoms with Crippen molar-refractivity contribution in [3.63, 3.8) is 0 Å². The molecule has 1 aliphatic rings. The molecular weight excluding hydrogens is 372 g/mol. The Morgan fingerprint density at radius 2 is 1.89 bits per heavy atom. The molecule has 0 aliphatic carbocycles. The van der Waals surface area contributed by atoms with Gasteiger partial charge >= 0.3 is 0 Å². The molecular formula is C18H20N2O6S. The number of nitro benzene ring substituents is 1. The first kappa shape index (κ1) is 19.1. The van der Waals surface area contributed by atoms with Crippen LogP contribution in [0.2, 0.25) is 0 Å². The first-order valence-electron chi connectivity index (χ1n) is 8.37. The Kier molecular flexibility index (Phi) is 5.33. The lowest BCUT2D eigenvalue weighted by atomic mass is 10.0. The fourth-order valence-corrected chi connectivity index (χ4v) is 5.22. The van der Waals surface area contributed by atoms with E-state index in [1.54, 1.807) is 18.2 Å². The summed E-state index contributed by atoms with van der Waals surface area (Å²) < 4.78 is 38.5. The lowest BCUT2D eigenvalue weighted by molar-refractivity contribution is -0.387. The Hall–Kier alpha value is -2.65. The minimum absolute atomic E-state index is 0.277. The van der Waals surface area contributed by atoms with Gasteiger partial charge in [0, 0.05) is 18.2 Å². The van der Waals surface area contributed by atoms with Gasteiger partial charge in [-0.15, -0.1) is 0 Å². The zero-order chi connectivity index (χ0) is 19.6. The number of benzene rings is 2. The van der Waals surface area contributed by atoms with Gasteiger partial charge < -0.3 is 9.47 Å². The minimum Gasteiger partial charge on any atom is -0.497 e. The minimum atomic E-state index is -4.06. The maximum atomic E-state index is 13.2. The molecule has 9 heteroatoms. The van der Waals surface area contributed by atoms with Crippen LogP contribution >= 0.6 is 0 Å². The molecule has 0 amide bonds. The molecule has 1 aliphatic heterocycles. The van der Waals surface area contributed by atoms with E-state index in [9.17, 15) is 18.5 Å². The zero-order valence-electron chi connectivity index (χ0n) is 15.0. The second-order valence-corrected chi connectivity index (χ2v) is 7.97. The number of rotatable bonds is 6. The molecule has 1 atom stereocenters. The highest BCUT2D eigenvalue weighted by Gasteiger charge is 2.40. The van der Waals surface area contributed by atoms with Gasteiger partial charge in [-0.25, -0.2) is 8.42 Å². The largest absolute Gasteiger partial charge is 0.497 e. The van der Waals surface area contributed by atoms with Crippen LogP contribution in [0.4, 0.5) is 5.69 Å². The molecule has 1 fully saturated rings. The van der Waals surface area contributed by atoms with Crippen LogP contribution in [0.25, 0.3) is 0 Å². The lowest BCUT2D eigenvalue weighted by Gasteiger charge is -2.26. The summed E-state index contributed by atoms with van der Waals surface area (Å²) in [6.45, 7) is 0.277. The Bertz CT molecular complexity index is 960. The van der Waals surface area contributed by atoms with Gasteiger partial charge in [-0.05, 0) is 37.1 Å². The highest BCUT2D eigenvalue weighted by atomic mass is 32.2. The third-order valence-electron chi connectivity index (χ3n) is 4.65. The second-order valence-electron chi connectivity index (χ2n) is 6.11. The standard InChI is InChI=1S/C18H20N2O6S/c1-25-13-9-10-17(26-2)14(12-13)15-7-5-11-19(15)27(23,24)18-8-4-3-6-16(18)20(21)22/h3-4,6,8-10,12,15H,5,7,11H2,1-2H3. The fraction of sp³-hybridized carbons (Fsp3) is 0.333. The molecule has 0 N–H and O–H groups in total. The number of ether oxygens (including phenoxy) is 2. The Morgan fingerprint density at radius 3 is 2.56 bits per heavy atom. The molecule has 0 spiro atoms. The average Bonchev–Trinajstić information content (AvgIpc) is 3.18. The van der Waals surface area contributed by atoms with Crippen LogP contribution < -0.4 is 9.47 Å². The number of sulfonamides is 1. The van der Waals surface area contributed by atoms with Gasteiger partial charge in [-0.3, -0.25) is 10.1 Å². The number of methoxy groups -OCH3 is 2. The number of hydrogen-bond donors (Lipinski definition) is 0. The number of hydrogen-bond acceptors (Lipinski definition) is 6. The van der Waals surface area contributed by atoms with Gasteiger partial charge in [0.2, 0.25) is 10.0 Å². The Labute approximate surface area is 157 Å². The van der Waals surface area contributed by atoms with E-state index < -0.39 is 26.7 Å². The van der Waals surface area contributed by atoms with Crippen molar-refractivity contribution in [2.24, 2.45) is 0 Å². The SMILES string of the molecule is COc1ccc(OC)c(C2CCCN2S(=O)(=O)c2ccccc2[N+](=O)[O-])c1. The molecule has 1 unspecified atom stereocenters. The van der Waals surface area contributed by atoms with Gasteiger partial charge in [-0.1, -0.05) is 12.1 Å². The predicted molar refractivity (Wildman–Crippen MR) is 98.5 cm³/mol. The zero-order valence-corrected chi connectivity index (χ0v) is 15.8. The number of nitrogens with zero attached hydrogens (tertiary/aromatic N) is 2. The Balaban J connectivity index is 2.09. The summed E-state index contributed by atoms with van der Waals surface area (Å²) >= 11 is 0. The fourth-order valence-electron chi connectivity index (χ4n) is 3.39. The summed E-state index contributed by atoms with van der Waals surface area (Å²) in [5, 5.41) is 11.3. The average molecular weight is 392 g/mol. The van der Waals surface area contributed by atoms with Crippen molar-refractivity contribution in [2.75, 3.05) is 20.8 Å². The van der Waals surface area contributed by atoms with E-state index >= 15 is 0 Å². The van der Waals surface area contributed by atoms with E-state index in [1.807, 2.05) is 0 Å². The smallest absolute Gasteiger partial charge is 0.289 e. The van der Waals surface area contributed by atoms with Crippen molar-refractivity contribution in [1.29, 1.82) is 0 Å². The lowest BCUT2D eigenvalue weighted by Crippen LogP contribution is -2.31. The van der Waals surface area contributed by atoms with E-state index in [0.29, 0.717) is 29.9 Å². The molecule has 3 rings (SSSR count). The van der Waals surface area contributed by atoms with E-state index in [1.165, 1.54) is 42.8 Å². The van der Waals surface area contributed by atoms with Crippen LogP contribution in [-0.4, -0.2) is 38.4 Å². The Morgan fingerprint density at radius 1 is 1.15 bits per heavy atom. The first-order valence-corrected chi connectivity index (χ1v) is 9.81. The van der Waals surface area contributed by atoms with Crippen LogP contribution in [0.15, 0.2) is 47.4 Å². The molecule has 1 saturated heterocycles. The summed E-state index contributed by atoms with van der Waals surface area (Å²) in [4.78, 5) is 10.3. The van der Waals surface area contributed by atoms with Crippen molar-refractivity contribution in [1.82, 2.24) is 4.31 Å². The predicted octanol–water partition coefficient (Wildman–Crippen LogP) is 3.14. The van der Waals surface area contributed by atoms with Gasteiger partial charge in [0.25, 0.3) is 5.69 Å². The van der Waals surface area contributed by atoms with Crippen molar-refractivity contribution in [3.05, 3.63) is 58.1 Å². The molecule has 0 saturated carbocycles. The van der Waals surface area contributed by atoms with Gasteiger partial charge in [0.15, 0.2) is 4.90 Å². The molecule has 1 heterocycles. The highest BCUT2D eigenvalue weighted by Crippen LogP contribution is 2.42. The van der Waals surface area contributed by atoms with Crippen LogP contribution in [0.1, 0.15) is 24.4 Å². The van der Waals surface area contributed by atoms with Crippen LogP contribution in [0.5, 0.6) is 11.5 Å². The summed E-state index contributed by atoms with van der Waals surface area (Å²) in [6.07, 6.45) is 1.23. The van der Waals surface area contributed by atoms with Gasteiger partial charge in [0.05, 0.1) is 25.2 Å². The maximum Gasteiger partial charge on any atom is 0.289 e. The summed E-state index contributed by atoms with van der Waals surface area (Å²) in [6, 6.07) is 10.1. The van der Waals surface area contributed by atoms with Crippen LogP contribution in [-0.2, 0) is 10.0 Å². The van der Waals surface area contributed by atoms with Crippen molar-refractivity contribution in [3.8, 4) is 11.5 Å².